The molecule has 0 saturated heterocycles. The van der Waals surface area contributed by atoms with E-state index < -0.39 is 5.41 Å². The van der Waals surface area contributed by atoms with Crippen LogP contribution < -0.4 is 10.7 Å². The van der Waals surface area contributed by atoms with Crippen LogP contribution in [0.4, 0.5) is 5.69 Å². The number of hydrogen-bond acceptors (Lipinski definition) is 4. The van der Waals surface area contributed by atoms with Crippen LogP contribution in [0.2, 0.25) is 4.24 Å². The summed E-state index contributed by atoms with van der Waals surface area (Å²) in [5, 5.41) is 5.47. The molecule has 0 aliphatic carbocycles. The second kappa shape index (κ2) is 10.6. The van der Waals surface area contributed by atoms with E-state index in [0.717, 1.165) is 71.0 Å². The van der Waals surface area contributed by atoms with E-state index in [-0.39, 0.29) is 56.7 Å². The maximum absolute atomic E-state index is 13.3. The molecular formula is C31H99N4OS+. The maximum Gasteiger partial charge on any atom is 0.384 e. The molecule has 2 heterocycles. The summed E-state index contributed by atoms with van der Waals surface area (Å²) in [6.45, 7) is 18.0. The van der Waals surface area contributed by atoms with Gasteiger partial charge in [-0.15, -0.1) is 0 Å². The van der Waals surface area contributed by atoms with Crippen molar-refractivity contribution in [1.82, 2.24) is 10.3 Å². The molecule has 0 atom stereocenters. The van der Waals surface area contributed by atoms with Gasteiger partial charge in [-0.05, 0) is 119 Å². The van der Waals surface area contributed by atoms with Crippen LogP contribution in [-0.4, -0.2) is 23.1 Å². The number of carbonyl (C=O) groups excluding carboxylic acids is 1. The van der Waals surface area contributed by atoms with Crippen molar-refractivity contribution in [3.05, 3.63) is 85.7 Å². The Morgan fingerprint density at radius 1 is 1.05 bits per heavy atom. The maximum atomic E-state index is 13.3. The molecule has 37 heavy (non-hydrogen) atoms. The summed E-state index contributed by atoms with van der Waals surface area (Å²) in [5.74, 6) is -0.335. The lowest BCUT2D eigenvalue weighted by Gasteiger charge is -2.18. The van der Waals surface area contributed by atoms with Gasteiger partial charge in [0, 0.05) is 72.3 Å². The lowest BCUT2D eigenvalue weighted by Crippen LogP contribution is -2.69. The fourth-order valence-electron chi connectivity index (χ4n) is 4.54. The van der Waals surface area contributed by atoms with Gasteiger partial charge in [0.1, 0.15) is 5.71 Å². The monoisotopic (exact) mass is 579 g/mol. The lowest BCUT2D eigenvalue weighted by atomic mass is 9.94. The molecule has 1 amide bonds. The van der Waals surface area contributed by atoms with E-state index in [1.165, 1.54) is 11.8 Å². The fourth-order valence-corrected chi connectivity index (χ4v) is 5.83. The van der Waals surface area contributed by atoms with Crippen molar-refractivity contribution in [1.29, 1.82) is 0 Å². The number of hydrogen-bond donors (Lipinski definition) is 2. The van der Waals surface area contributed by atoms with Crippen molar-refractivity contribution < 1.29 is 58.7 Å². The highest BCUT2D eigenvalue weighted by atomic mass is 32.2. The first-order chi connectivity index (χ1) is 18.7. The minimum absolute atomic E-state index is 0. The smallest absolute Gasteiger partial charge is 0.352 e. The molecule has 254 valence electrons. The molecule has 2 aromatic carbocycles. The molecule has 0 bridgehead atoms. The number of carbonyl (C=O) groups is 1. The van der Waals surface area contributed by atoms with E-state index in [4.69, 9.17) is 4.24 Å². The molecule has 0 spiro atoms. The molecule has 1 aliphatic heterocycles. The van der Waals surface area contributed by atoms with Crippen molar-refractivity contribution in [3.8, 4) is 0 Å². The molecule has 1 aromatic heterocycles. The number of pyridine rings is 1. The lowest BCUT2D eigenvalue weighted by molar-refractivity contribution is -0.573. The summed E-state index contributed by atoms with van der Waals surface area (Å²) in [6.07, 6.45) is 1.95. The standard InChI is InChI=1S/C31H36N4OS.31H2/c1-10-32-31(36)29-21(7)19(5)17(3)14-27(29)37-26-15-25-28(22(8)20(26)6)30(35-34-25)18(4)13-24-12-11-16(2)23(9)33-24;;;;;;;;;;;;;;;;;;;;;;;;;;;;;;;/h11-15H,10H2,1-9H3,(H,32,36)(H,34,35);31*1H/p+1/b18-13+;;;;;;;;;;;;;;;;;;;;;;;;;;;;;;;/i/hD3. The van der Waals surface area contributed by atoms with Gasteiger partial charge in [-0.25, -0.2) is 0 Å². The van der Waals surface area contributed by atoms with Gasteiger partial charge in [-0.1, -0.05) is 22.9 Å². The van der Waals surface area contributed by atoms with Gasteiger partial charge in [0.15, 0.2) is 7.10 Å². The number of quaternary nitrogens is 1. The number of allylic oxidation sites excluding steroid dienone is 1. The minimum atomic E-state index is -1.11. The Morgan fingerprint density at radius 2 is 1.78 bits per heavy atom. The van der Waals surface area contributed by atoms with Gasteiger partial charge < -0.3 is 5.31 Å². The molecule has 0 radical (unpaired) electrons. The third kappa shape index (κ3) is 5.13. The number of nitrogens with zero attached hydrogens (tertiary/aromatic N) is 2. The highest BCUT2D eigenvalue weighted by molar-refractivity contribution is 7.99. The Bertz CT molecular complexity index is 1670. The van der Waals surface area contributed by atoms with E-state index in [9.17, 15) is 4.79 Å². The average Bonchev–Trinajstić information content (AvgIpc) is 3.17. The number of fused-ring (bicyclic) bond motifs is 1. The van der Waals surface area contributed by atoms with E-state index in [0.29, 0.717) is 17.0 Å². The van der Waals surface area contributed by atoms with Crippen LogP contribution >= 0.6 is 11.8 Å². The van der Waals surface area contributed by atoms with Crippen molar-refractivity contribution >= 4 is 35.1 Å². The van der Waals surface area contributed by atoms with Crippen LogP contribution in [-0.2, 0) is 0 Å². The number of aromatic nitrogens is 1. The number of nitrogens with two attached hydrogens (primary N) is 1. The third-order valence-electron chi connectivity index (χ3n) is 7.29. The van der Waals surface area contributed by atoms with Gasteiger partial charge in [0.2, 0.25) is 0 Å². The first-order valence-corrected chi connectivity index (χ1v) is 13.4. The first-order valence-electron chi connectivity index (χ1n) is 13.9. The average molecular weight is 579 g/mol. The Balaban J connectivity index is -0.0000000229. The van der Waals surface area contributed by atoms with Crippen molar-refractivity contribution in [2.45, 2.75) is 72.1 Å². The highest BCUT2D eigenvalue weighted by Crippen LogP contribution is 2.40. The number of nitrogens with one attached hydrogen (secondary N) is 1. The van der Waals surface area contributed by atoms with Gasteiger partial charge in [0.05, 0.1) is 16.8 Å². The summed E-state index contributed by atoms with van der Waals surface area (Å²) in [6, 6.07) is 7.86. The first kappa shape index (κ1) is 22.9. The number of benzene rings is 2. The molecule has 4 rings (SSSR count). The minimum Gasteiger partial charge on any atom is -0.352 e. The molecule has 0 fully saturated rings. The zero-order valence-electron chi connectivity index (χ0n) is 26.2. The Hall–Kier alpha value is -3.22. The van der Waals surface area contributed by atoms with Gasteiger partial charge in [0.25, 0.3) is 5.91 Å². The largest absolute Gasteiger partial charge is 0.384 e. The quantitative estimate of drug-likeness (QED) is 0.225. The SMILES string of the molecule is [2H]N(CC)C(=O)c1c(Sc2cc3c(c(C)c2C)C(/C(C)=C/c2ccc(C)c(C)n2)=N[N+]3([2H])[2H])cc(C)c(C)c1C.[HH].[HH].[HH].[HH].[HH].[HH].[HH].[HH].[HH].[HH].[HH].[HH].[HH].[HH].[HH].[HH].[HH].[HH].[HH].[HH].[HH].[HH].[HH].[HH].[HH].[HH].[HH].[HH].[HH].[HH].[HH]. The van der Waals surface area contributed by atoms with Crippen molar-refractivity contribution in [3.63, 3.8) is 0 Å². The zero-order chi connectivity index (χ0) is 29.7. The molecule has 0 saturated carbocycles. The molecule has 3 aromatic rings. The van der Waals surface area contributed by atoms with E-state index in [2.05, 4.69) is 10.1 Å². The van der Waals surface area contributed by atoms with Crippen LogP contribution in [0, 0.1) is 48.5 Å². The van der Waals surface area contributed by atoms with Crippen molar-refractivity contribution in [2.75, 3.05) is 6.54 Å². The third-order valence-corrected chi connectivity index (χ3v) is 8.48. The second-order valence-corrected chi connectivity index (χ2v) is 10.8. The Kier molecular flexibility index (Phi) is 6.60. The molecule has 0 unspecified atom stereocenters. The number of amides is 1. The van der Waals surface area contributed by atoms with E-state index >= 15 is 0 Å². The Labute approximate surface area is 275 Å². The topological polar surface area (TPSA) is 71.0 Å². The van der Waals surface area contributed by atoms with E-state index in [1.807, 2.05) is 85.7 Å². The van der Waals surface area contributed by atoms with Crippen LogP contribution in [0.25, 0.3) is 6.08 Å². The van der Waals surface area contributed by atoms with E-state index in [1.54, 1.807) is 6.92 Å². The normalized spacial score (nSPS) is 15.5. The Morgan fingerprint density at radius 3 is 2.46 bits per heavy atom. The molecular weight excluding hydrogens is 476 g/mol. The second-order valence-electron chi connectivity index (χ2n) is 9.73. The molecule has 5 nitrogen and oxygen atoms in total. The predicted molar refractivity (Wildman–Crippen MR) is 220 cm³/mol. The number of aryl methyl sites for hydroxylation is 3. The van der Waals surface area contributed by atoms with Crippen LogP contribution in [0.1, 0.15) is 119 Å². The summed E-state index contributed by atoms with van der Waals surface area (Å²) >= 11 is 1.45. The summed E-state index contributed by atoms with van der Waals surface area (Å²) in [7, 11) is 0. The zero-order valence-corrected chi connectivity index (χ0v) is 24.0. The van der Waals surface area contributed by atoms with Gasteiger partial charge in [-0.3, -0.25) is 9.78 Å². The summed E-state index contributed by atoms with van der Waals surface area (Å²) in [5.41, 5.74) is 9.93. The molecule has 6 heteroatoms. The summed E-state index contributed by atoms with van der Waals surface area (Å²) in [4.78, 5) is 19.5. The van der Waals surface area contributed by atoms with Crippen LogP contribution in [0.5, 0.6) is 0 Å². The van der Waals surface area contributed by atoms with Crippen LogP contribution in [0.15, 0.2) is 44.7 Å². The predicted octanol–water partition coefficient (Wildman–Crippen LogP) is 13.8. The van der Waals surface area contributed by atoms with Crippen molar-refractivity contribution in [2.24, 2.45) is 5.10 Å². The van der Waals surface area contributed by atoms with Gasteiger partial charge >= 0.3 is 2.82 Å². The highest BCUT2D eigenvalue weighted by Gasteiger charge is 2.28. The molecule has 1 aliphatic rings. The fraction of sp³-hybridized carbons (Fsp3) is 0.323. The number of rotatable bonds is 6. The summed E-state index contributed by atoms with van der Waals surface area (Å²) < 4.78 is 25.6. The molecule has 3 N–H and O–H groups in total. The van der Waals surface area contributed by atoms with Gasteiger partial charge in [-0.2, -0.15) is 5.41 Å². The van der Waals surface area contributed by atoms with Crippen LogP contribution in [0.3, 0.4) is 0 Å².